The molecule has 2 aromatic rings. The molecule has 5 rings (SSSR count). The molecule has 0 aliphatic carbocycles. The first-order chi connectivity index (χ1) is 14.1. The molecule has 0 spiro atoms. The van der Waals surface area contributed by atoms with Crippen LogP contribution in [0.15, 0.2) is 52.3 Å². The number of carbonyl (C=O) groups is 1. The number of aliphatic hydroxyl groups is 1. The van der Waals surface area contributed by atoms with Gasteiger partial charge in [-0.1, -0.05) is 23.9 Å². The molecule has 2 fully saturated rings. The van der Waals surface area contributed by atoms with Crippen LogP contribution in [0.25, 0.3) is 0 Å². The SMILES string of the molecule is CN1CCC(N2c3ccccc3Sc3cc(C(=O)N4CCC(O)C4)ccc32)CC1. The second-order valence-electron chi connectivity index (χ2n) is 8.35. The van der Waals surface area contributed by atoms with Gasteiger partial charge < -0.3 is 19.8 Å². The lowest BCUT2D eigenvalue weighted by atomic mass is 10.0. The number of para-hydroxylation sites is 1. The van der Waals surface area contributed by atoms with Crippen LogP contribution in [0.3, 0.4) is 0 Å². The van der Waals surface area contributed by atoms with E-state index in [1.165, 1.54) is 16.3 Å². The van der Waals surface area contributed by atoms with Gasteiger partial charge in [0.1, 0.15) is 0 Å². The minimum atomic E-state index is -0.391. The molecule has 1 unspecified atom stereocenters. The molecule has 1 amide bonds. The topological polar surface area (TPSA) is 47.0 Å². The molecule has 3 aliphatic heterocycles. The van der Waals surface area contributed by atoms with Gasteiger partial charge in [-0.3, -0.25) is 4.79 Å². The van der Waals surface area contributed by atoms with E-state index in [4.69, 9.17) is 0 Å². The lowest BCUT2D eigenvalue weighted by molar-refractivity contribution is 0.0764. The van der Waals surface area contributed by atoms with E-state index < -0.39 is 6.10 Å². The monoisotopic (exact) mass is 409 g/mol. The number of rotatable bonds is 2. The van der Waals surface area contributed by atoms with Crippen molar-refractivity contribution in [3.05, 3.63) is 48.0 Å². The maximum atomic E-state index is 12.9. The number of carbonyl (C=O) groups excluding carboxylic acids is 1. The van der Waals surface area contributed by atoms with E-state index in [-0.39, 0.29) is 5.91 Å². The fourth-order valence-corrected chi connectivity index (χ4v) is 5.79. The zero-order chi connectivity index (χ0) is 20.0. The minimum Gasteiger partial charge on any atom is -0.391 e. The van der Waals surface area contributed by atoms with Crippen LogP contribution in [0, 0.1) is 0 Å². The van der Waals surface area contributed by atoms with Crippen molar-refractivity contribution in [3.8, 4) is 0 Å². The number of hydrogen-bond acceptors (Lipinski definition) is 5. The number of piperidine rings is 1. The smallest absolute Gasteiger partial charge is 0.253 e. The highest BCUT2D eigenvalue weighted by Gasteiger charge is 2.32. The highest BCUT2D eigenvalue weighted by molar-refractivity contribution is 7.99. The lowest BCUT2D eigenvalue weighted by Crippen LogP contribution is -2.42. The molecular formula is C23H27N3O2S. The van der Waals surface area contributed by atoms with Crippen LogP contribution in [-0.2, 0) is 0 Å². The van der Waals surface area contributed by atoms with Crippen molar-refractivity contribution in [2.24, 2.45) is 0 Å². The molecule has 0 radical (unpaired) electrons. The standard InChI is InChI=1S/C23H27N3O2S/c1-24-11-8-17(9-12-24)26-19-4-2-3-5-21(19)29-22-14-16(6-7-20(22)26)23(28)25-13-10-18(27)15-25/h2-7,14,17-18,27H,8-13,15H2,1H3. The van der Waals surface area contributed by atoms with E-state index in [9.17, 15) is 9.90 Å². The van der Waals surface area contributed by atoms with Crippen molar-refractivity contribution in [1.82, 2.24) is 9.80 Å². The van der Waals surface area contributed by atoms with Gasteiger partial charge in [-0.05, 0) is 69.7 Å². The molecule has 3 aliphatic rings. The van der Waals surface area contributed by atoms with Crippen LogP contribution in [0.2, 0.25) is 0 Å². The third-order valence-electron chi connectivity index (χ3n) is 6.31. The van der Waals surface area contributed by atoms with Crippen molar-refractivity contribution in [2.75, 3.05) is 38.1 Å². The second kappa shape index (κ2) is 7.67. The summed E-state index contributed by atoms with van der Waals surface area (Å²) in [4.78, 5) is 22.0. The molecule has 0 aromatic heterocycles. The van der Waals surface area contributed by atoms with Crippen molar-refractivity contribution >= 4 is 29.0 Å². The Morgan fingerprint density at radius 3 is 2.52 bits per heavy atom. The van der Waals surface area contributed by atoms with Gasteiger partial charge in [-0.25, -0.2) is 0 Å². The maximum absolute atomic E-state index is 12.9. The Morgan fingerprint density at radius 2 is 1.76 bits per heavy atom. The first kappa shape index (κ1) is 19.0. The molecule has 2 aromatic carbocycles. The van der Waals surface area contributed by atoms with E-state index in [0.29, 0.717) is 31.1 Å². The number of likely N-dealkylation sites (tertiary alicyclic amines) is 2. The Balaban J connectivity index is 1.49. The molecular weight excluding hydrogens is 382 g/mol. The fraction of sp³-hybridized carbons (Fsp3) is 0.435. The van der Waals surface area contributed by atoms with Crippen molar-refractivity contribution < 1.29 is 9.90 Å². The number of β-amino-alcohol motifs (C(OH)–C–C–N with tert-alkyl or cyclic N) is 1. The Kier molecular flexibility index (Phi) is 5.02. The zero-order valence-electron chi connectivity index (χ0n) is 16.8. The predicted molar refractivity (Wildman–Crippen MR) is 116 cm³/mol. The summed E-state index contributed by atoms with van der Waals surface area (Å²) in [6, 6.07) is 15.2. The molecule has 29 heavy (non-hydrogen) atoms. The van der Waals surface area contributed by atoms with Gasteiger partial charge in [0.2, 0.25) is 0 Å². The van der Waals surface area contributed by atoms with E-state index in [2.05, 4.69) is 47.2 Å². The molecule has 1 atom stereocenters. The molecule has 5 nitrogen and oxygen atoms in total. The summed E-state index contributed by atoms with van der Waals surface area (Å²) < 4.78 is 0. The number of anilines is 2. The normalized spacial score (nSPS) is 22.5. The van der Waals surface area contributed by atoms with Crippen molar-refractivity contribution in [3.63, 3.8) is 0 Å². The van der Waals surface area contributed by atoms with Gasteiger partial charge in [0, 0.05) is 34.5 Å². The highest BCUT2D eigenvalue weighted by Crippen LogP contribution is 2.50. The van der Waals surface area contributed by atoms with Gasteiger partial charge in [0.25, 0.3) is 5.91 Å². The Bertz CT molecular complexity index is 926. The number of nitrogens with zero attached hydrogens (tertiary/aromatic N) is 3. The van der Waals surface area contributed by atoms with Crippen molar-refractivity contribution in [2.45, 2.75) is 41.2 Å². The Hall–Kier alpha value is -2.02. The van der Waals surface area contributed by atoms with Gasteiger partial charge in [-0.2, -0.15) is 0 Å². The fourth-order valence-electron chi connectivity index (χ4n) is 4.67. The molecule has 0 saturated carbocycles. The minimum absolute atomic E-state index is 0.0228. The van der Waals surface area contributed by atoms with E-state index in [1.54, 1.807) is 16.7 Å². The Morgan fingerprint density at radius 1 is 1.00 bits per heavy atom. The maximum Gasteiger partial charge on any atom is 0.253 e. The predicted octanol–water partition coefficient (Wildman–Crippen LogP) is 3.59. The van der Waals surface area contributed by atoms with E-state index >= 15 is 0 Å². The van der Waals surface area contributed by atoms with Crippen LogP contribution >= 0.6 is 11.8 Å². The van der Waals surface area contributed by atoms with Crippen LogP contribution in [0.4, 0.5) is 11.4 Å². The first-order valence-corrected chi connectivity index (χ1v) is 11.3. The molecule has 152 valence electrons. The van der Waals surface area contributed by atoms with Gasteiger partial charge >= 0.3 is 0 Å². The molecule has 0 bridgehead atoms. The molecule has 6 heteroatoms. The summed E-state index contributed by atoms with van der Waals surface area (Å²) in [6.45, 7) is 3.29. The lowest BCUT2D eigenvalue weighted by Gasteiger charge is -2.42. The molecule has 1 N–H and O–H groups in total. The number of benzene rings is 2. The second-order valence-corrected chi connectivity index (χ2v) is 9.43. The van der Waals surface area contributed by atoms with Crippen LogP contribution in [0.1, 0.15) is 29.6 Å². The van der Waals surface area contributed by atoms with E-state index in [0.717, 1.165) is 30.8 Å². The zero-order valence-corrected chi connectivity index (χ0v) is 17.6. The quantitative estimate of drug-likeness (QED) is 0.821. The number of fused-ring (bicyclic) bond motifs is 2. The summed E-state index contributed by atoms with van der Waals surface area (Å²) in [7, 11) is 2.19. The van der Waals surface area contributed by atoms with E-state index in [1.807, 2.05) is 12.1 Å². The summed E-state index contributed by atoms with van der Waals surface area (Å²) >= 11 is 1.75. The average Bonchev–Trinajstić information content (AvgIpc) is 3.18. The van der Waals surface area contributed by atoms with Crippen LogP contribution in [-0.4, -0.2) is 66.2 Å². The average molecular weight is 410 g/mol. The summed E-state index contributed by atoms with van der Waals surface area (Å²) in [5.41, 5.74) is 3.20. The third-order valence-corrected chi connectivity index (χ3v) is 7.43. The third kappa shape index (κ3) is 3.54. The first-order valence-electron chi connectivity index (χ1n) is 10.5. The van der Waals surface area contributed by atoms with Crippen LogP contribution in [0.5, 0.6) is 0 Å². The van der Waals surface area contributed by atoms with Crippen LogP contribution < -0.4 is 4.90 Å². The molecule has 2 saturated heterocycles. The number of hydrogen-bond donors (Lipinski definition) is 1. The van der Waals surface area contributed by atoms with Gasteiger partial charge in [0.15, 0.2) is 0 Å². The summed E-state index contributed by atoms with van der Waals surface area (Å²) in [5.74, 6) is 0.0228. The Labute approximate surface area is 176 Å². The largest absolute Gasteiger partial charge is 0.391 e. The highest BCUT2D eigenvalue weighted by atomic mass is 32.2. The summed E-state index contributed by atoms with van der Waals surface area (Å²) in [5, 5.41) is 9.79. The number of amides is 1. The van der Waals surface area contributed by atoms with Gasteiger partial charge in [0.05, 0.1) is 17.5 Å². The van der Waals surface area contributed by atoms with Gasteiger partial charge in [-0.15, -0.1) is 0 Å². The number of aliphatic hydroxyl groups excluding tert-OH is 1. The van der Waals surface area contributed by atoms with Crippen molar-refractivity contribution in [1.29, 1.82) is 0 Å². The summed E-state index contributed by atoms with van der Waals surface area (Å²) in [6.07, 6.45) is 2.56. The molecule has 3 heterocycles.